The fourth-order valence-electron chi connectivity index (χ4n) is 2.34. The predicted octanol–water partition coefficient (Wildman–Crippen LogP) is 3.90. The molecule has 0 radical (unpaired) electrons. The Morgan fingerprint density at radius 2 is 1.64 bits per heavy atom. The third-order valence-corrected chi connectivity index (χ3v) is 3.71. The first-order valence-electron chi connectivity index (χ1n) is 7.48. The Bertz CT molecular complexity index is 612. The molecule has 0 saturated heterocycles. The Morgan fingerprint density at radius 3 is 2.14 bits per heavy atom. The summed E-state index contributed by atoms with van der Waals surface area (Å²) in [5.41, 5.74) is 3.11. The van der Waals surface area contributed by atoms with Gasteiger partial charge in [-0.15, -0.1) is 0 Å². The van der Waals surface area contributed by atoms with Gasteiger partial charge in [-0.25, -0.2) is 0 Å². The highest BCUT2D eigenvalue weighted by atomic mass is 16.4. The van der Waals surface area contributed by atoms with E-state index in [0.717, 1.165) is 11.1 Å². The molecule has 3 nitrogen and oxygen atoms in total. The van der Waals surface area contributed by atoms with Gasteiger partial charge >= 0.3 is 5.97 Å². The third kappa shape index (κ3) is 4.18. The van der Waals surface area contributed by atoms with E-state index in [1.807, 2.05) is 54.6 Å². The summed E-state index contributed by atoms with van der Waals surface area (Å²) in [4.78, 5) is 11.5. The number of carboxylic acids is 1. The molecule has 0 fully saturated rings. The normalized spacial score (nSPS) is 12.9. The number of aliphatic carboxylic acids is 1. The number of hydrogen-bond donors (Lipinski definition) is 2. The van der Waals surface area contributed by atoms with Gasteiger partial charge < -0.3 is 5.11 Å². The van der Waals surface area contributed by atoms with Gasteiger partial charge in [0.15, 0.2) is 0 Å². The van der Waals surface area contributed by atoms with Crippen molar-refractivity contribution in [1.29, 1.82) is 0 Å². The van der Waals surface area contributed by atoms with E-state index in [4.69, 9.17) is 0 Å². The van der Waals surface area contributed by atoms with Crippen LogP contribution in [0.15, 0.2) is 54.6 Å². The summed E-state index contributed by atoms with van der Waals surface area (Å²) < 4.78 is 0. The van der Waals surface area contributed by atoms with Gasteiger partial charge in [0.2, 0.25) is 0 Å². The van der Waals surface area contributed by atoms with Crippen molar-refractivity contribution in [2.75, 3.05) is 0 Å². The molecule has 0 aliphatic carbocycles. The van der Waals surface area contributed by atoms with Crippen LogP contribution in [0.2, 0.25) is 0 Å². The van der Waals surface area contributed by atoms with E-state index >= 15 is 0 Å². The zero-order valence-corrected chi connectivity index (χ0v) is 13.3. The third-order valence-electron chi connectivity index (χ3n) is 3.71. The second-order valence-electron chi connectivity index (χ2n) is 6.51. The van der Waals surface area contributed by atoms with E-state index in [-0.39, 0.29) is 5.41 Å². The second-order valence-corrected chi connectivity index (χ2v) is 6.51. The van der Waals surface area contributed by atoms with Gasteiger partial charge in [0.25, 0.3) is 0 Å². The van der Waals surface area contributed by atoms with Crippen LogP contribution in [0, 0.1) is 0 Å². The zero-order valence-electron chi connectivity index (χ0n) is 13.3. The van der Waals surface area contributed by atoms with Gasteiger partial charge in [-0.3, -0.25) is 10.1 Å². The summed E-state index contributed by atoms with van der Waals surface area (Å²) in [5.74, 6) is -0.862. The van der Waals surface area contributed by atoms with E-state index < -0.39 is 12.0 Å². The first-order valence-corrected chi connectivity index (χ1v) is 7.48. The van der Waals surface area contributed by atoms with Crippen LogP contribution in [-0.2, 0) is 16.8 Å². The summed E-state index contributed by atoms with van der Waals surface area (Å²) >= 11 is 0. The molecule has 0 heterocycles. The summed E-state index contributed by atoms with van der Waals surface area (Å²) in [6.45, 7) is 6.96. The topological polar surface area (TPSA) is 49.3 Å². The Hall–Kier alpha value is -2.13. The molecule has 2 aromatic rings. The fourth-order valence-corrected chi connectivity index (χ4v) is 2.34. The molecular weight excluding hydrogens is 274 g/mol. The van der Waals surface area contributed by atoms with Crippen molar-refractivity contribution < 1.29 is 9.90 Å². The van der Waals surface area contributed by atoms with Gasteiger partial charge in [0, 0.05) is 6.54 Å². The lowest BCUT2D eigenvalue weighted by Gasteiger charge is -2.21. The largest absolute Gasteiger partial charge is 0.480 e. The standard InChI is InChI=1S/C19H23NO2/c1-19(2,3)16-11-9-15(10-12-16)17(18(21)22)20-13-14-7-5-4-6-8-14/h4-12,17,20H,13H2,1-3H3,(H,21,22). The number of nitrogens with one attached hydrogen (secondary N) is 1. The molecule has 0 aliphatic rings. The molecule has 0 aromatic heterocycles. The maximum Gasteiger partial charge on any atom is 0.325 e. The minimum Gasteiger partial charge on any atom is -0.480 e. The van der Waals surface area contributed by atoms with Crippen LogP contribution >= 0.6 is 0 Å². The lowest BCUT2D eigenvalue weighted by molar-refractivity contribution is -0.139. The van der Waals surface area contributed by atoms with Crippen molar-refractivity contribution in [3.05, 3.63) is 71.3 Å². The van der Waals surface area contributed by atoms with Gasteiger partial charge in [-0.05, 0) is 22.1 Å². The summed E-state index contributed by atoms with van der Waals surface area (Å²) in [5, 5.41) is 12.6. The molecule has 116 valence electrons. The number of benzene rings is 2. The van der Waals surface area contributed by atoms with E-state index in [9.17, 15) is 9.90 Å². The summed E-state index contributed by atoms with van der Waals surface area (Å²) in [6.07, 6.45) is 0. The average Bonchev–Trinajstić information content (AvgIpc) is 2.48. The Balaban J connectivity index is 2.13. The molecule has 3 heteroatoms. The van der Waals surface area contributed by atoms with Crippen LogP contribution < -0.4 is 5.32 Å². The van der Waals surface area contributed by atoms with Crippen molar-refractivity contribution in [3.8, 4) is 0 Å². The molecule has 2 aromatic carbocycles. The monoisotopic (exact) mass is 297 g/mol. The van der Waals surface area contributed by atoms with Crippen LogP contribution in [0.25, 0.3) is 0 Å². The summed E-state index contributed by atoms with van der Waals surface area (Å²) in [6, 6.07) is 16.9. The van der Waals surface area contributed by atoms with Crippen molar-refractivity contribution in [2.24, 2.45) is 0 Å². The van der Waals surface area contributed by atoms with Crippen LogP contribution in [0.3, 0.4) is 0 Å². The molecular formula is C19H23NO2. The molecule has 0 saturated carbocycles. The Labute approximate surface area is 132 Å². The summed E-state index contributed by atoms with van der Waals surface area (Å²) in [7, 11) is 0. The molecule has 0 amide bonds. The van der Waals surface area contributed by atoms with Crippen molar-refractivity contribution in [2.45, 2.75) is 38.8 Å². The van der Waals surface area contributed by atoms with Gasteiger partial charge in [-0.2, -0.15) is 0 Å². The smallest absolute Gasteiger partial charge is 0.325 e. The van der Waals surface area contributed by atoms with Crippen molar-refractivity contribution in [1.82, 2.24) is 5.32 Å². The molecule has 22 heavy (non-hydrogen) atoms. The van der Waals surface area contributed by atoms with Crippen LogP contribution in [0.4, 0.5) is 0 Å². The Morgan fingerprint density at radius 1 is 1.05 bits per heavy atom. The number of rotatable bonds is 5. The lowest BCUT2D eigenvalue weighted by atomic mass is 9.86. The van der Waals surface area contributed by atoms with E-state index in [2.05, 4.69) is 26.1 Å². The molecule has 2 rings (SSSR count). The fraction of sp³-hybridized carbons (Fsp3) is 0.316. The second kappa shape index (κ2) is 6.75. The minimum absolute atomic E-state index is 0.0642. The lowest BCUT2D eigenvalue weighted by Crippen LogP contribution is -2.28. The molecule has 2 N–H and O–H groups in total. The van der Waals surface area contributed by atoms with Gasteiger partial charge in [-0.1, -0.05) is 75.4 Å². The number of hydrogen-bond acceptors (Lipinski definition) is 2. The molecule has 0 aliphatic heterocycles. The van der Waals surface area contributed by atoms with Crippen LogP contribution in [0.1, 0.15) is 43.5 Å². The minimum atomic E-state index is -0.862. The van der Waals surface area contributed by atoms with Crippen molar-refractivity contribution >= 4 is 5.97 Å². The van der Waals surface area contributed by atoms with E-state index in [1.165, 1.54) is 5.56 Å². The maximum absolute atomic E-state index is 11.5. The number of carboxylic acid groups (broad SMARTS) is 1. The SMILES string of the molecule is CC(C)(C)c1ccc(C(NCc2ccccc2)C(=O)O)cc1. The van der Waals surface area contributed by atoms with Gasteiger partial charge in [0.1, 0.15) is 6.04 Å². The number of carbonyl (C=O) groups is 1. The average molecular weight is 297 g/mol. The first-order chi connectivity index (χ1) is 10.4. The highest BCUT2D eigenvalue weighted by Crippen LogP contribution is 2.24. The molecule has 1 atom stereocenters. The van der Waals surface area contributed by atoms with Crippen LogP contribution in [-0.4, -0.2) is 11.1 Å². The quantitative estimate of drug-likeness (QED) is 0.880. The van der Waals surface area contributed by atoms with Gasteiger partial charge in [0.05, 0.1) is 0 Å². The highest BCUT2D eigenvalue weighted by Gasteiger charge is 2.20. The molecule has 0 bridgehead atoms. The zero-order chi connectivity index (χ0) is 16.2. The Kier molecular flexibility index (Phi) is 4.99. The highest BCUT2D eigenvalue weighted by molar-refractivity contribution is 5.75. The van der Waals surface area contributed by atoms with E-state index in [0.29, 0.717) is 6.54 Å². The predicted molar refractivity (Wildman–Crippen MR) is 88.8 cm³/mol. The van der Waals surface area contributed by atoms with Crippen molar-refractivity contribution in [3.63, 3.8) is 0 Å². The molecule has 1 unspecified atom stereocenters. The maximum atomic E-state index is 11.5. The van der Waals surface area contributed by atoms with Crippen LogP contribution in [0.5, 0.6) is 0 Å². The van der Waals surface area contributed by atoms with E-state index in [1.54, 1.807) is 0 Å². The molecule has 0 spiro atoms. The first kappa shape index (κ1) is 16.2.